The summed E-state index contributed by atoms with van der Waals surface area (Å²) in [5.74, 6) is -0.450. The molecule has 0 aliphatic carbocycles. The highest BCUT2D eigenvalue weighted by Crippen LogP contribution is 2.18. The largest absolute Gasteiger partial charge is 0.478 e. The van der Waals surface area contributed by atoms with Gasteiger partial charge in [0.25, 0.3) is 0 Å². The van der Waals surface area contributed by atoms with Crippen LogP contribution in [0.2, 0.25) is 0 Å². The molecule has 4 N–H and O–H groups in total. The zero-order valence-electron chi connectivity index (χ0n) is 11.5. The van der Waals surface area contributed by atoms with Crippen LogP contribution in [0.3, 0.4) is 0 Å². The Bertz CT molecular complexity index is 435. The number of ether oxygens (including phenoxy) is 1. The monoisotopic (exact) mass is 267 g/mol. The van der Waals surface area contributed by atoms with Crippen LogP contribution in [0.4, 0.5) is 11.5 Å². The van der Waals surface area contributed by atoms with Crippen molar-refractivity contribution in [3.8, 4) is 0 Å². The minimum absolute atomic E-state index is 0.00539. The molecule has 6 heteroatoms. The molecule has 0 aliphatic heterocycles. The van der Waals surface area contributed by atoms with Crippen LogP contribution in [-0.2, 0) is 4.74 Å². The summed E-state index contributed by atoms with van der Waals surface area (Å²) in [5.41, 5.74) is 5.96. The van der Waals surface area contributed by atoms with Crippen LogP contribution in [0, 0.1) is 5.92 Å². The molecule has 1 aromatic rings. The Labute approximate surface area is 113 Å². The first-order valence-electron chi connectivity index (χ1n) is 6.28. The lowest BCUT2D eigenvalue weighted by molar-refractivity contribution is 0.0697. The summed E-state index contributed by atoms with van der Waals surface area (Å²) >= 11 is 0. The fraction of sp³-hybridized carbons (Fsp3) is 0.538. The molecule has 106 valence electrons. The van der Waals surface area contributed by atoms with Crippen molar-refractivity contribution in [2.45, 2.75) is 26.8 Å². The van der Waals surface area contributed by atoms with E-state index in [4.69, 9.17) is 15.6 Å². The number of rotatable bonds is 7. The fourth-order valence-corrected chi connectivity index (χ4v) is 1.58. The van der Waals surface area contributed by atoms with Gasteiger partial charge in [0.2, 0.25) is 0 Å². The van der Waals surface area contributed by atoms with Crippen molar-refractivity contribution in [2.75, 3.05) is 24.3 Å². The molecule has 0 fully saturated rings. The molecule has 0 saturated carbocycles. The van der Waals surface area contributed by atoms with Gasteiger partial charge in [-0.3, -0.25) is 0 Å². The quantitative estimate of drug-likeness (QED) is 0.697. The number of aromatic nitrogens is 1. The van der Waals surface area contributed by atoms with E-state index in [-0.39, 0.29) is 17.5 Å². The number of nitrogens with two attached hydrogens (primary N) is 1. The number of nitrogens with zero attached hydrogens (tertiary/aromatic N) is 1. The standard InChI is InChI=1S/C13H21N3O3/c1-4-19-7-11(8(2)3)16-12-10(13(17)18)5-9(14)6-15-12/h5-6,8,11H,4,7,14H2,1-3H3,(H,15,16)(H,17,18). The molecule has 0 amide bonds. The predicted molar refractivity (Wildman–Crippen MR) is 74.4 cm³/mol. The van der Waals surface area contributed by atoms with E-state index in [1.54, 1.807) is 0 Å². The molecule has 0 aliphatic rings. The molecule has 1 unspecified atom stereocenters. The van der Waals surface area contributed by atoms with Gasteiger partial charge in [-0.2, -0.15) is 0 Å². The first kappa shape index (κ1) is 15.2. The molecule has 6 nitrogen and oxygen atoms in total. The summed E-state index contributed by atoms with van der Waals surface area (Å²) in [6.07, 6.45) is 1.44. The average Bonchev–Trinajstić information content (AvgIpc) is 2.35. The van der Waals surface area contributed by atoms with Crippen molar-refractivity contribution in [1.82, 2.24) is 4.98 Å². The van der Waals surface area contributed by atoms with E-state index in [1.165, 1.54) is 12.3 Å². The minimum Gasteiger partial charge on any atom is -0.478 e. The third-order valence-corrected chi connectivity index (χ3v) is 2.77. The first-order chi connectivity index (χ1) is 8.95. The number of carbonyl (C=O) groups is 1. The molecule has 1 heterocycles. The normalized spacial score (nSPS) is 12.4. The molecule has 0 aromatic carbocycles. The maximum Gasteiger partial charge on any atom is 0.339 e. The third kappa shape index (κ3) is 4.40. The van der Waals surface area contributed by atoms with Gasteiger partial charge in [0.05, 0.1) is 24.5 Å². The van der Waals surface area contributed by atoms with E-state index in [0.29, 0.717) is 24.7 Å². The van der Waals surface area contributed by atoms with Crippen LogP contribution in [-0.4, -0.2) is 35.3 Å². The molecular formula is C13H21N3O3. The molecule has 19 heavy (non-hydrogen) atoms. The second-order valence-corrected chi connectivity index (χ2v) is 4.62. The van der Waals surface area contributed by atoms with E-state index >= 15 is 0 Å². The highest BCUT2D eigenvalue weighted by molar-refractivity contribution is 5.94. The number of hydrogen-bond acceptors (Lipinski definition) is 5. The summed E-state index contributed by atoms with van der Waals surface area (Å²) < 4.78 is 5.39. The number of carboxylic acid groups (broad SMARTS) is 1. The highest BCUT2D eigenvalue weighted by Gasteiger charge is 2.18. The lowest BCUT2D eigenvalue weighted by Crippen LogP contribution is -2.32. The summed E-state index contributed by atoms with van der Waals surface area (Å²) in [5, 5.41) is 12.3. The van der Waals surface area contributed by atoms with Gasteiger partial charge in [-0.05, 0) is 18.9 Å². The van der Waals surface area contributed by atoms with Crippen molar-refractivity contribution >= 4 is 17.5 Å². The second-order valence-electron chi connectivity index (χ2n) is 4.62. The lowest BCUT2D eigenvalue weighted by atomic mass is 10.0. The molecule has 0 saturated heterocycles. The first-order valence-corrected chi connectivity index (χ1v) is 6.28. The summed E-state index contributed by atoms with van der Waals surface area (Å²) in [7, 11) is 0. The van der Waals surface area contributed by atoms with Crippen molar-refractivity contribution < 1.29 is 14.6 Å². The molecule has 1 rings (SSSR count). The van der Waals surface area contributed by atoms with Crippen molar-refractivity contribution in [1.29, 1.82) is 0 Å². The number of carboxylic acids is 1. The van der Waals surface area contributed by atoms with Crippen LogP contribution in [0.1, 0.15) is 31.1 Å². The van der Waals surface area contributed by atoms with Crippen molar-refractivity contribution in [2.24, 2.45) is 5.92 Å². The number of nitrogen functional groups attached to an aromatic ring is 1. The fourth-order valence-electron chi connectivity index (χ4n) is 1.58. The van der Waals surface area contributed by atoms with Crippen molar-refractivity contribution in [3.05, 3.63) is 17.8 Å². The summed E-state index contributed by atoms with van der Waals surface area (Å²) in [4.78, 5) is 15.2. The SMILES string of the molecule is CCOCC(Nc1ncc(N)cc1C(=O)O)C(C)C. The van der Waals surface area contributed by atoms with Gasteiger partial charge in [0.15, 0.2) is 0 Å². The zero-order chi connectivity index (χ0) is 14.4. The molecule has 0 radical (unpaired) electrons. The van der Waals surface area contributed by atoms with E-state index < -0.39 is 5.97 Å². The van der Waals surface area contributed by atoms with Crippen LogP contribution in [0.5, 0.6) is 0 Å². The van der Waals surface area contributed by atoms with Gasteiger partial charge in [-0.1, -0.05) is 13.8 Å². The van der Waals surface area contributed by atoms with Gasteiger partial charge in [-0.25, -0.2) is 9.78 Å². The number of anilines is 2. The van der Waals surface area contributed by atoms with Crippen molar-refractivity contribution in [3.63, 3.8) is 0 Å². The maximum absolute atomic E-state index is 11.2. The zero-order valence-corrected chi connectivity index (χ0v) is 11.5. The van der Waals surface area contributed by atoms with Gasteiger partial charge in [-0.15, -0.1) is 0 Å². The van der Waals surface area contributed by atoms with Gasteiger partial charge in [0.1, 0.15) is 11.4 Å². The Morgan fingerprint density at radius 3 is 2.79 bits per heavy atom. The lowest BCUT2D eigenvalue weighted by Gasteiger charge is -2.23. The number of hydrogen-bond donors (Lipinski definition) is 3. The summed E-state index contributed by atoms with van der Waals surface area (Å²) in [6, 6.07) is 1.39. The van der Waals surface area contributed by atoms with Crippen LogP contribution < -0.4 is 11.1 Å². The average molecular weight is 267 g/mol. The molecule has 1 atom stereocenters. The van der Waals surface area contributed by atoms with E-state index in [1.807, 2.05) is 20.8 Å². The Morgan fingerprint density at radius 2 is 2.26 bits per heavy atom. The van der Waals surface area contributed by atoms with Crippen LogP contribution >= 0.6 is 0 Å². The minimum atomic E-state index is -1.05. The van der Waals surface area contributed by atoms with E-state index in [0.717, 1.165) is 0 Å². The Balaban J connectivity index is 2.92. The van der Waals surface area contributed by atoms with Crippen LogP contribution in [0.25, 0.3) is 0 Å². The van der Waals surface area contributed by atoms with E-state index in [9.17, 15) is 4.79 Å². The molecule has 0 spiro atoms. The van der Waals surface area contributed by atoms with E-state index in [2.05, 4.69) is 10.3 Å². The van der Waals surface area contributed by atoms with Crippen LogP contribution in [0.15, 0.2) is 12.3 Å². The number of nitrogens with one attached hydrogen (secondary N) is 1. The second kappa shape index (κ2) is 6.94. The Morgan fingerprint density at radius 1 is 1.58 bits per heavy atom. The number of pyridine rings is 1. The third-order valence-electron chi connectivity index (χ3n) is 2.77. The topological polar surface area (TPSA) is 97.5 Å². The van der Waals surface area contributed by atoms with Gasteiger partial charge in [0, 0.05) is 6.61 Å². The molecule has 1 aromatic heterocycles. The maximum atomic E-state index is 11.2. The molecular weight excluding hydrogens is 246 g/mol. The molecule has 0 bridgehead atoms. The highest BCUT2D eigenvalue weighted by atomic mass is 16.5. The Kier molecular flexibility index (Phi) is 5.57. The number of aromatic carboxylic acids is 1. The van der Waals surface area contributed by atoms with Gasteiger partial charge >= 0.3 is 5.97 Å². The Hall–Kier alpha value is -1.82. The smallest absolute Gasteiger partial charge is 0.339 e. The predicted octanol–water partition coefficient (Wildman–Crippen LogP) is 1.83. The summed E-state index contributed by atoms with van der Waals surface area (Å²) in [6.45, 7) is 7.11. The van der Waals surface area contributed by atoms with Gasteiger partial charge < -0.3 is 20.9 Å².